The molecule has 0 bridgehead atoms. The molecule has 0 saturated carbocycles. The number of fused-ring (bicyclic) bond motifs is 6. The SMILES string of the molecule is C1=CC2c3ccccc3-c3nsnc3C2C=C1. The zero-order chi connectivity index (χ0) is 11.2. The van der Waals surface area contributed by atoms with Gasteiger partial charge in [-0.25, -0.2) is 0 Å². The maximum absolute atomic E-state index is 4.49. The molecule has 2 aromatic rings. The third kappa shape index (κ3) is 1.20. The molecule has 0 aliphatic heterocycles. The second-order valence-corrected chi connectivity index (χ2v) is 4.94. The number of aromatic nitrogens is 2. The first-order chi connectivity index (χ1) is 8.45. The van der Waals surface area contributed by atoms with Gasteiger partial charge in [-0.15, -0.1) is 0 Å². The van der Waals surface area contributed by atoms with Crippen LogP contribution in [0.5, 0.6) is 0 Å². The molecule has 1 aromatic heterocycles. The van der Waals surface area contributed by atoms with Gasteiger partial charge >= 0.3 is 0 Å². The zero-order valence-corrected chi connectivity index (χ0v) is 9.89. The summed E-state index contributed by atoms with van der Waals surface area (Å²) >= 11 is 1.32. The summed E-state index contributed by atoms with van der Waals surface area (Å²) in [5, 5.41) is 0. The van der Waals surface area contributed by atoms with Crippen molar-refractivity contribution in [3.63, 3.8) is 0 Å². The van der Waals surface area contributed by atoms with Crippen LogP contribution in [0.1, 0.15) is 23.1 Å². The molecular formula is C14H10N2S. The minimum atomic E-state index is 0.364. The summed E-state index contributed by atoms with van der Waals surface area (Å²) in [5.41, 5.74) is 4.84. The maximum Gasteiger partial charge on any atom is 0.108 e. The standard InChI is InChI=1S/C14H10N2S/c1-3-7-11-9(5-1)10-6-2-4-8-12(10)14-13(11)15-17-16-14/h1-9,11H. The van der Waals surface area contributed by atoms with E-state index in [0.29, 0.717) is 11.8 Å². The summed E-state index contributed by atoms with van der Waals surface area (Å²) in [6.07, 6.45) is 8.74. The Bertz CT molecular complexity index is 639. The minimum Gasteiger partial charge on any atom is -0.177 e. The average Bonchev–Trinajstić information content (AvgIpc) is 2.89. The lowest BCUT2D eigenvalue weighted by Crippen LogP contribution is -2.16. The topological polar surface area (TPSA) is 25.8 Å². The van der Waals surface area contributed by atoms with Gasteiger partial charge in [0.2, 0.25) is 0 Å². The molecule has 82 valence electrons. The van der Waals surface area contributed by atoms with Crippen molar-refractivity contribution in [2.75, 3.05) is 0 Å². The Balaban J connectivity index is 2.05. The second kappa shape index (κ2) is 3.37. The molecular weight excluding hydrogens is 228 g/mol. The molecule has 4 rings (SSSR count). The van der Waals surface area contributed by atoms with Gasteiger partial charge in [-0.3, -0.25) is 0 Å². The highest BCUT2D eigenvalue weighted by Gasteiger charge is 2.34. The fourth-order valence-electron chi connectivity index (χ4n) is 2.77. The Morgan fingerprint density at radius 1 is 0.941 bits per heavy atom. The van der Waals surface area contributed by atoms with E-state index >= 15 is 0 Å². The lowest BCUT2D eigenvalue weighted by molar-refractivity contribution is 0.704. The number of allylic oxidation sites excluding steroid dienone is 4. The summed E-state index contributed by atoms with van der Waals surface area (Å²) in [5.74, 6) is 0.788. The van der Waals surface area contributed by atoms with Crippen LogP contribution in [0, 0.1) is 0 Å². The van der Waals surface area contributed by atoms with E-state index in [1.54, 1.807) is 0 Å². The third-order valence-electron chi connectivity index (χ3n) is 3.54. The predicted octanol–water partition coefficient (Wildman–Crippen LogP) is 3.51. The second-order valence-electron chi connectivity index (χ2n) is 4.41. The van der Waals surface area contributed by atoms with E-state index in [1.165, 1.54) is 22.9 Å². The molecule has 0 amide bonds. The fourth-order valence-corrected chi connectivity index (χ4v) is 3.38. The fraction of sp³-hybridized carbons (Fsp3) is 0.143. The van der Waals surface area contributed by atoms with Gasteiger partial charge in [0.1, 0.15) is 5.69 Å². The molecule has 2 unspecified atom stereocenters. The first-order valence-electron chi connectivity index (χ1n) is 5.72. The first kappa shape index (κ1) is 9.31. The first-order valence-corrected chi connectivity index (χ1v) is 6.45. The summed E-state index contributed by atoms with van der Waals surface area (Å²) in [4.78, 5) is 0. The molecule has 1 aromatic carbocycles. The van der Waals surface area contributed by atoms with Crippen LogP contribution in [0.2, 0.25) is 0 Å². The lowest BCUT2D eigenvalue weighted by atomic mass is 9.74. The van der Waals surface area contributed by atoms with Gasteiger partial charge in [-0.1, -0.05) is 48.6 Å². The highest BCUT2D eigenvalue weighted by molar-refractivity contribution is 6.99. The summed E-state index contributed by atoms with van der Waals surface area (Å²) < 4.78 is 8.95. The molecule has 0 N–H and O–H groups in total. The van der Waals surface area contributed by atoms with Crippen LogP contribution in [0.25, 0.3) is 11.3 Å². The van der Waals surface area contributed by atoms with Crippen molar-refractivity contribution in [1.29, 1.82) is 0 Å². The van der Waals surface area contributed by atoms with Crippen molar-refractivity contribution in [2.24, 2.45) is 0 Å². The van der Waals surface area contributed by atoms with Gasteiger partial charge in [0.15, 0.2) is 0 Å². The average molecular weight is 238 g/mol. The van der Waals surface area contributed by atoms with Crippen LogP contribution in [-0.2, 0) is 0 Å². The molecule has 0 spiro atoms. The van der Waals surface area contributed by atoms with Gasteiger partial charge in [0.05, 0.1) is 17.4 Å². The highest BCUT2D eigenvalue weighted by Crippen LogP contribution is 2.48. The number of hydrogen-bond acceptors (Lipinski definition) is 3. The maximum atomic E-state index is 4.49. The number of nitrogens with zero attached hydrogens (tertiary/aromatic N) is 2. The molecule has 2 aliphatic carbocycles. The van der Waals surface area contributed by atoms with Crippen molar-refractivity contribution in [2.45, 2.75) is 11.8 Å². The van der Waals surface area contributed by atoms with E-state index in [1.807, 2.05) is 0 Å². The Hall–Kier alpha value is -1.74. The molecule has 17 heavy (non-hydrogen) atoms. The molecule has 2 nitrogen and oxygen atoms in total. The van der Waals surface area contributed by atoms with Crippen LogP contribution in [0.3, 0.4) is 0 Å². The molecule has 0 radical (unpaired) electrons. The van der Waals surface area contributed by atoms with E-state index in [4.69, 9.17) is 0 Å². The van der Waals surface area contributed by atoms with Crippen LogP contribution in [0.4, 0.5) is 0 Å². The number of hydrogen-bond donors (Lipinski definition) is 0. The van der Waals surface area contributed by atoms with Gasteiger partial charge in [-0.2, -0.15) is 8.75 Å². The normalized spacial score (nSPS) is 24.0. The van der Waals surface area contributed by atoms with Gasteiger partial charge in [-0.05, 0) is 5.56 Å². The van der Waals surface area contributed by atoms with E-state index < -0.39 is 0 Å². The zero-order valence-electron chi connectivity index (χ0n) is 9.08. The Morgan fingerprint density at radius 2 is 1.76 bits per heavy atom. The minimum absolute atomic E-state index is 0.364. The van der Waals surface area contributed by atoms with Crippen molar-refractivity contribution < 1.29 is 0 Å². The number of benzene rings is 1. The highest BCUT2D eigenvalue weighted by atomic mass is 32.1. The van der Waals surface area contributed by atoms with E-state index in [2.05, 4.69) is 57.3 Å². The number of rotatable bonds is 0. The summed E-state index contributed by atoms with van der Waals surface area (Å²) in [6.45, 7) is 0. The smallest absolute Gasteiger partial charge is 0.108 e. The summed E-state index contributed by atoms with van der Waals surface area (Å²) in [7, 11) is 0. The van der Waals surface area contributed by atoms with Crippen LogP contribution in [0.15, 0.2) is 48.6 Å². The largest absolute Gasteiger partial charge is 0.177 e. The van der Waals surface area contributed by atoms with Gasteiger partial charge in [0, 0.05) is 17.4 Å². The van der Waals surface area contributed by atoms with Crippen molar-refractivity contribution >= 4 is 11.7 Å². The van der Waals surface area contributed by atoms with Crippen LogP contribution >= 0.6 is 11.7 Å². The Morgan fingerprint density at radius 3 is 2.71 bits per heavy atom. The summed E-state index contributed by atoms with van der Waals surface area (Å²) in [6, 6.07) is 8.54. The molecule has 3 heteroatoms. The van der Waals surface area contributed by atoms with E-state index in [0.717, 1.165) is 11.4 Å². The Kier molecular flexibility index (Phi) is 1.85. The molecule has 2 aliphatic rings. The van der Waals surface area contributed by atoms with Crippen LogP contribution < -0.4 is 0 Å². The van der Waals surface area contributed by atoms with Crippen molar-refractivity contribution in [3.05, 3.63) is 59.8 Å². The Labute approximate surface area is 104 Å². The molecule has 2 atom stereocenters. The monoisotopic (exact) mass is 238 g/mol. The van der Waals surface area contributed by atoms with Gasteiger partial charge < -0.3 is 0 Å². The third-order valence-corrected chi connectivity index (χ3v) is 4.08. The van der Waals surface area contributed by atoms with Crippen molar-refractivity contribution in [1.82, 2.24) is 8.75 Å². The molecule has 1 heterocycles. The van der Waals surface area contributed by atoms with Crippen molar-refractivity contribution in [3.8, 4) is 11.3 Å². The predicted molar refractivity (Wildman–Crippen MR) is 69.1 cm³/mol. The molecule has 0 fully saturated rings. The lowest BCUT2D eigenvalue weighted by Gasteiger charge is -2.29. The quantitative estimate of drug-likeness (QED) is 0.702. The van der Waals surface area contributed by atoms with Gasteiger partial charge in [0.25, 0.3) is 0 Å². The van der Waals surface area contributed by atoms with E-state index in [9.17, 15) is 0 Å². The molecule has 0 saturated heterocycles. The van der Waals surface area contributed by atoms with Crippen LogP contribution in [-0.4, -0.2) is 8.75 Å². The van der Waals surface area contributed by atoms with E-state index in [-0.39, 0.29) is 0 Å².